The summed E-state index contributed by atoms with van der Waals surface area (Å²) in [4.78, 5) is 12.4. The molecule has 2 aromatic carbocycles. The number of nitrogens with one attached hydrogen (secondary N) is 2. The van der Waals surface area contributed by atoms with E-state index >= 15 is 0 Å². The lowest BCUT2D eigenvalue weighted by Crippen LogP contribution is -2.37. The minimum atomic E-state index is -3.86. The van der Waals surface area contributed by atoms with Crippen LogP contribution in [0.15, 0.2) is 59.3 Å². The van der Waals surface area contributed by atoms with Crippen molar-refractivity contribution in [2.24, 2.45) is 22.9 Å². The van der Waals surface area contributed by atoms with Crippen molar-refractivity contribution in [3.05, 3.63) is 71.1 Å². The number of aliphatic carboxylic acids is 1. The zero-order valence-corrected chi connectivity index (χ0v) is 26.0. The van der Waals surface area contributed by atoms with Gasteiger partial charge in [0.1, 0.15) is 10.6 Å². The van der Waals surface area contributed by atoms with Crippen LogP contribution in [0.1, 0.15) is 69.1 Å². The normalized spacial score (nSPS) is 15.8. The third kappa shape index (κ3) is 8.94. The fourth-order valence-corrected chi connectivity index (χ4v) is 6.54. The monoisotopic (exact) mass is 601 g/mol. The molecule has 42 heavy (non-hydrogen) atoms. The van der Waals surface area contributed by atoms with Crippen LogP contribution in [0.5, 0.6) is 5.75 Å². The number of allylic oxidation sites excluding steroid dienone is 1. The molecule has 0 aliphatic carbocycles. The fraction of sp³-hybridized carbons (Fsp3) is 0.516. The van der Waals surface area contributed by atoms with E-state index in [1.165, 1.54) is 6.07 Å². The molecule has 1 saturated heterocycles. The highest BCUT2D eigenvalue weighted by Crippen LogP contribution is 2.40. The molecule has 0 radical (unpaired) electrons. The van der Waals surface area contributed by atoms with Gasteiger partial charge in [-0.2, -0.15) is 0 Å². The molecule has 2 aromatic rings. The summed E-state index contributed by atoms with van der Waals surface area (Å²) >= 11 is 0. The lowest BCUT2D eigenvalue weighted by molar-refractivity contribution is -0.148. The maximum Gasteiger partial charge on any atom is 0.309 e. The van der Waals surface area contributed by atoms with Gasteiger partial charge in [-0.05, 0) is 107 Å². The molecule has 1 unspecified atom stereocenters. The van der Waals surface area contributed by atoms with Crippen LogP contribution in [0.4, 0.5) is 0 Å². The number of carboxylic acids is 1. The second-order valence-corrected chi connectivity index (χ2v) is 13.3. The van der Waals surface area contributed by atoms with Crippen molar-refractivity contribution in [2.75, 3.05) is 26.2 Å². The molecule has 0 bridgehead atoms. The number of ether oxygens (including phenoxy) is 1. The average molecular weight is 602 g/mol. The molecule has 7 N–H and O–H groups in total. The summed E-state index contributed by atoms with van der Waals surface area (Å²) in [6.45, 7) is 10.2. The maximum atomic E-state index is 13.2. The van der Waals surface area contributed by atoms with E-state index in [0.717, 1.165) is 49.2 Å². The van der Waals surface area contributed by atoms with Crippen molar-refractivity contribution in [3.63, 3.8) is 0 Å². The van der Waals surface area contributed by atoms with Gasteiger partial charge < -0.3 is 25.9 Å². The Morgan fingerprint density at radius 1 is 1.24 bits per heavy atom. The summed E-state index contributed by atoms with van der Waals surface area (Å²) in [5.74, 6) is 5.73. The molecule has 0 aromatic heterocycles. The van der Waals surface area contributed by atoms with Crippen LogP contribution >= 0.6 is 0 Å². The Kier molecular flexibility index (Phi) is 11.8. The van der Waals surface area contributed by atoms with Crippen molar-refractivity contribution in [1.82, 2.24) is 15.0 Å². The lowest BCUT2D eigenvalue weighted by Gasteiger charge is -2.32. The Hall–Kier alpha value is -3.12. The van der Waals surface area contributed by atoms with Gasteiger partial charge in [0.25, 0.3) is 0 Å². The van der Waals surface area contributed by atoms with Crippen molar-refractivity contribution >= 4 is 16.0 Å². The summed E-state index contributed by atoms with van der Waals surface area (Å²) in [6.07, 6.45) is 4.84. The number of benzene rings is 2. The molecule has 0 amide bonds. The van der Waals surface area contributed by atoms with Gasteiger partial charge in [0.2, 0.25) is 10.0 Å². The van der Waals surface area contributed by atoms with Crippen LogP contribution in [0, 0.1) is 18.3 Å². The van der Waals surface area contributed by atoms with Crippen LogP contribution in [0.3, 0.4) is 0 Å². The van der Waals surface area contributed by atoms with E-state index in [1.807, 2.05) is 25.1 Å². The Balaban J connectivity index is 1.78. The number of nitrogens with zero attached hydrogens (tertiary/aromatic N) is 1. The third-order valence-corrected chi connectivity index (χ3v) is 9.51. The number of nitrogens with two attached hydrogens (primary N) is 2. The predicted octanol–water partition coefficient (Wildman–Crippen LogP) is 3.82. The fourth-order valence-electron chi connectivity index (χ4n) is 5.39. The standard InChI is InChI=1S/C31H47N5O5S/c1-5-41-28-8-6-7-9-29(28)42(39,40)35-19-25-18-24(11-10-22(25)2)27(31(3,4)30(37)38)13-12-26(32)21-36(33)20-23-14-16-34-17-15-23/h6-11,18,21,23,27,34-35H,5,12-17,19-20,32-33H2,1-4H3,(H,37,38)/b26-21-. The Bertz CT molecular complexity index is 1340. The van der Waals surface area contributed by atoms with Crippen LogP contribution in [0.2, 0.25) is 0 Å². The highest BCUT2D eigenvalue weighted by atomic mass is 32.2. The van der Waals surface area contributed by atoms with Gasteiger partial charge in [0.05, 0.1) is 12.0 Å². The van der Waals surface area contributed by atoms with Crippen molar-refractivity contribution in [1.29, 1.82) is 0 Å². The van der Waals surface area contributed by atoms with E-state index in [1.54, 1.807) is 50.2 Å². The van der Waals surface area contributed by atoms with Gasteiger partial charge in [-0.15, -0.1) is 0 Å². The summed E-state index contributed by atoms with van der Waals surface area (Å²) in [7, 11) is -3.86. The van der Waals surface area contributed by atoms with Crippen molar-refractivity contribution in [2.45, 2.75) is 70.7 Å². The molecule has 1 atom stereocenters. The number of hydrogen-bond acceptors (Lipinski definition) is 8. The molecule has 1 heterocycles. The van der Waals surface area contributed by atoms with Gasteiger partial charge in [0.15, 0.2) is 0 Å². The van der Waals surface area contributed by atoms with E-state index in [4.69, 9.17) is 16.3 Å². The maximum absolute atomic E-state index is 13.2. The molecule has 11 heteroatoms. The van der Waals surface area contributed by atoms with Crippen molar-refractivity contribution < 1.29 is 23.1 Å². The smallest absolute Gasteiger partial charge is 0.309 e. The molecular weight excluding hydrogens is 554 g/mol. The van der Waals surface area contributed by atoms with E-state index < -0.39 is 21.4 Å². The first kappa shape index (κ1) is 33.4. The summed E-state index contributed by atoms with van der Waals surface area (Å²) in [5.41, 5.74) is 8.31. The SMILES string of the molecule is CCOc1ccccc1S(=O)(=O)NCc1cc(C(CC/C(N)=C/N(N)CC2CCNCC2)C(C)(C)C(=O)O)ccc1C. The second kappa shape index (κ2) is 14.9. The largest absolute Gasteiger partial charge is 0.492 e. The van der Waals surface area contributed by atoms with Crippen molar-refractivity contribution in [3.8, 4) is 5.75 Å². The summed E-state index contributed by atoms with van der Waals surface area (Å²) in [5, 5.41) is 15.1. The quantitative estimate of drug-likeness (QED) is 0.151. The minimum Gasteiger partial charge on any atom is -0.492 e. The first-order chi connectivity index (χ1) is 19.8. The molecular formula is C31H47N5O5S. The summed E-state index contributed by atoms with van der Waals surface area (Å²) in [6, 6.07) is 12.2. The average Bonchev–Trinajstić information content (AvgIpc) is 2.94. The van der Waals surface area contributed by atoms with E-state index in [-0.39, 0.29) is 17.4 Å². The highest BCUT2D eigenvalue weighted by Gasteiger charge is 2.38. The molecule has 0 spiro atoms. The second-order valence-electron chi connectivity index (χ2n) is 11.6. The minimum absolute atomic E-state index is 0.0452. The highest BCUT2D eigenvalue weighted by molar-refractivity contribution is 7.89. The molecule has 1 aliphatic rings. The van der Waals surface area contributed by atoms with Crippen LogP contribution in [0.25, 0.3) is 0 Å². The Morgan fingerprint density at radius 3 is 2.60 bits per heavy atom. The summed E-state index contributed by atoms with van der Waals surface area (Å²) < 4.78 is 34.5. The molecule has 1 aliphatic heterocycles. The number of aryl methyl sites for hydroxylation is 1. The number of carbonyl (C=O) groups is 1. The van der Waals surface area contributed by atoms with Gasteiger partial charge in [-0.1, -0.05) is 30.3 Å². The van der Waals surface area contributed by atoms with Gasteiger partial charge in [0, 0.05) is 25.0 Å². The molecule has 0 saturated carbocycles. The molecule has 3 rings (SSSR count). The Labute approximate surface area is 250 Å². The van der Waals surface area contributed by atoms with Gasteiger partial charge >= 0.3 is 5.97 Å². The number of hydrogen-bond donors (Lipinski definition) is 5. The number of rotatable bonds is 15. The number of carboxylic acid groups (broad SMARTS) is 1. The van der Waals surface area contributed by atoms with Crippen LogP contribution in [-0.4, -0.2) is 50.7 Å². The topological polar surface area (TPSA) is 160 Å². The number of hydrazine groups is 1. The van der Waals surface area contributed by atoms with Crippen LogP contribution in [-0.2, 0) is 21.4 Å². The lowest BCUT2D eigenvalue weighted by atomic mass is 9.72. The molecule has 10 nitrogen and oxygen atoms in total. The number of para-hydroxylation sites is 1. The van der Waals surface area contributed by atoms with E-state index in [2.05, 4.69) is 10.0 Å². The third-order valence-electron chi connectivity index (χ3n) is 8.07. The zero-order chi connectivity index (χ0) is 30.9. The van der Waals surface area contributed by atoms with Crippen LogP contribution < -0.4 is 26.4 Å². The number of sulfonamides is 1. The zero-order valence-electron chi connectivity index (χ0n) is 25.2. The molecule has 232 valence electrons. The van der Waals surface area contributed by atoms with Gasteiger partial charge in [-0.25, -0.2) is 19.0 Å². The molecule has 1 fully saturated rings. The predicted molar refractivity (Wildman–Crippen MR) is 165 cm³/mol. The number of piperidine rings is 1. The van der Waals surface area contributed by atoms with E-state index in [9.17, 15) is 18.3 Å². The Morgan fingerprint density at radius 2 is 1.93 bits per heavy atom. The first-order valence-electron chi connectivity index (χ1n) is 14.6. The van der Waals surface area contributed by atoms with Gasteiger partial charge in [-0.3, -0.25) is 4.79 Å². The first-order valence-corrected chi connectivity index (χ1v) is 16.1. The van der Waals surface area contributed by atoms with E-state index in [0.29, 0.717) is 36.8 Å².